The van der Waals surface area contributed by atoms with Gasteiger partial charge in [0, 0.05) is 36.9 Å². The monoisotopic (exact) mass is 456 g/mol. The minimum atomic E-state index is -0.423. The minimum Gasteiger partial charge on any atom is -0.333 e. The van der Waals surface area contributed by atoms with E-state index in [2.05, 4.69) is 15.4 Å². The van der Waals surface area contributed by atoms with Crippen molar-refractivity contribution in [3.8, 4) is 22.0 Å². The average molecular weight is 457 g/mol. The van der Waals surface area contributed by atoms with Gasteiger partial charge in [0.1, 0.15) is 0 Å². The number of carbonyl (C=O) groups excluding carboxylic acids is 1. The van der Waals surface area contributed by atoms with E-state index in [1.807, 2.05) is 55.1 Å². The van der Waals surface area contributed by atoms with E-state index in [4.69, 9.17) is 4.98 Å². The van der Waals surface area contributed by atoms with E-state index in [-0.39, 0.29) is 11.3 Å². The van der Waals surface area contributed by atoms with Crippen LogP contribution in [0.25, 0.3) is 32.7 Å². The van der Waals surface area contributed by atoms with Crippen LogP contribution in [0.1, 0.15) is 17.4 Å². The number of carbonyl (C=O) groups is 1. The predicted molar refractivity (Wildman–Crippen MR) is 129 cm³/mol. The van der Waals surface area contributed by atoms with Gasteiger partial charge in [0.25, 0.3) is 11.5 Å². The Kier molecular flexibility index (Phi) is 5.31. The van der Waals surface area contributed by atoms with Crippen LogP contribution in [0.15, 0.2) is 71.8 Å². The van der Waals surface area contributed by atoms with Crippen molar-refractivity contribution in [1.82, 2.24) is 24.3 Å². The largest absolute Gasteiger partial charge is 0.333 e. The number of benzene rings is 2. The van der Waals surface area contributed by atoms with Gasteiger partial charge in [-0.1, -0.05) is 59.9 Å². The fourth-order valence-corrected chi connectivity index (χ4v) is 4.70. The SMILES string of the molecule is CCn1nc(C(=O)Nc2nc(-c3ccccc3)c(-c3nccn3C)s2)c2ccccc2c1=O. The molecule has 0 aliphatic rings. The molecule has 0 spiro atoms. The molecule has 0 fully saturated rings. The number of hydrogen-bond donors (Lipinski definition) is 1. The zero-order chi connectivity index (χ0) is 22.9. The number of thiazole rings is 1. The Morgan fingerprint density at radius 2 is 1.79 bits per heavy atom. The first kappa shape index (κ1) is 20.8. The van der Waals surface area contributed by atoms with Crippen LogP contribution in [-0.2, 0) is 13.6 Å². The van der Waals surface area contributed by atoms with Gasteiger partial charge < -0.3 is 4.57 Å². The molecule has 0 aliphatic heterocycles. The Balaban J connectivity index is 1.59. The van der Waals surface area contributed by atoms with Crippen molar-refractivity contribution in [2.24, 2.45) is 7.05 Å². The summed E-state index contributed by atoms with van der Waals surface area (Å²) in [4.78, 5) is 35.9. The number of fused-ring (bicyclic) bond motifs is 1. The Bertz CT molecular complexity index is 1530. The van der Waals surface area contributed by atoms with Gasteiger partial charge in [0.15, 0.2) is 16.6 Å². The summed E-state index contributed by atoms with van der Waals surface area (Å²) in [5.74, 6) is 0.336. The maximum atomic E-state index is 13.3. The molecule has 0 bridgehead atoms. The second-order valence-corrected chi connectivity index (χ2v) is 8.39. The lowest BCUT2D eigenvalue weighted by molar-refractivity contribution is 0.102. The van der Waals surface area contributed by atoms with Crippen LogP contribution in [0.2, 0.25) is 0 Å². The summed E-state index contributed by atoms with van der Waals surface area (Å²) >= 11 is 1.35. The molecule has 1 amide bonds. The van der Waals surface area contributed by atoms with E-state index >= 15 is 0 Å². The molecule has 5 aromatic rings. The normalized spacial score (nSPS) is 11.1. The van der Waals surface area contributed by atoms with E-state index in [9.17, 15) is 9.59 Å². The molecule has 0 aliphatic carbocycles. The summed E-state index contributed by atoms with van der Waals surface area (Å²) in [6.45, 7) is 2.18. The molecule has 0 saturated carbocycles. The van der Waals surface area contributed by atoms with Crippen LogP contribution >= 0.6 is 11.3 Å². The molecule has 0 radical (unpaired) electrons. The van der Waals surface area contributed by atoms with Gasteiger partial charge in [-0.3, -0.25) is 14.9 Å². The molecule has 0 unspecified atom stereocenters. The number of nitrogens with zero attached hydrogens (tertiary/aromatic N) is 5. The standard InChI is InChI=1S/C24H20N6O2S/c1-3-30-23(32)17-12-8-7-11-16(17)19(28-30)22(31)27-24-26-18(15-9-5-4-6-10-15)20(33-24)21-25-13-14-29(21)2/h4-14H,3H2,1-2H3,(H,26,27,31). The highest BCUT2D eigenvalue weighted by Gasteiger charge is 2.21. The number of aryl methyl sites for hydroxylation is 2. The van der Waals surface area contributed by atoms with Gasteiger partial charge in [-0.05, 0) is 13.0 Å². The molecule has 9 heteroatoms. The molecule has 1 N–H and O–H groups in total. The molecular formula is C24H20N6O2S. The molecule has 0 atom stereocenters. The van der Waals surface area contributed by atoms with Crippen molar-refractivity contribution >= 4 is 33.1 Å². The zero-order valence-electron chi connectivity index (χ0n) is 18.0. The van der Waals surface area contributed by atoms with E-state index in [0.717, 1.165) is 22.0 Å². The topological polar surface area (TPSA) is 94.7 Å². The van der Waals surface area contributed by atoms with Crippen LogP contribution in [0.3, 0.4) is 0 Å². The quantitative estimate of drug-likeness (QED) is 0.428. The Labute approximate surface area is 193 Å². The Morgan fingerprint density at radius 3 is 2.48 bits per heavy atom. The highest BCUT2D eigenvalue weighted by molar-refractivity contribution is 7.19. The molecule has 5 rings (SSSR count). The number of amides is 1. The zero-order valence-corrected chi connectivity index (χ0v) is 18.8. The molecule has 3 aromatic heterocycles. The van der Waals surface area contributed by atoms with Gasteiger partial charge in [-0.15, -0.1) is 0 Å². The number of imidazole rings is 1. The summed E-state index contributed by atoms with van der Waals surface area (Å²) in [5, 5.41) is 8.60. The average Bonchev–Trinajstić information content (AvgIpc) is 3.45. The second-order valence-electron chi connectivity index (χ2n) is 7.39. The summed E-state index contributed by atoms with van der Waals surface area (Å²) in [6.07, 6.45) is 3.60. The van der Waals surface area contributed by atoms with Crippen molar-refractivity contribution in [3.63, 3.8) is 0 Å². The number of nitrogens with one attached hydrogen (secondary N) is 1. The molecule has 33 heavy (non-hydrogen) atoms. The Hall–Kier alpha value is -4.11. The summed E-state index contributed by atoms with van der Waals surface area (Å²) in [7, 11) is 1.92. The first-order valence-corrected chi connectivity index (χ1v) is 11.2. The molecule has 2 aromatic carbocycles. The van der Waals surface area contributed by atoms with Crippen molar-refractivity contribution in [2.75, 3.05) is 5.32 Å². The Morgan fingerprint density at radius 1 is 1.06 bits per heavy atom. The fraction of sp³-hybridized carbons (Fsp3) is 0.125. The molecule has 8 nitrogen and oxygen atoms in total. The first-order chi connectivity index (χ1) is 16.1. The lowest BCUT2D eigenvalue weighted by atomic mass is 10.1. The minimum absolute atomic E-state index is 0.182. The summed E-state index contributed by atoms with van der Waals surface area (Å²) in [5.41, 5.74) is 1.63. The third kappa shape index (κ3) is 3.72. The van der Waals surface area contributed by atoms with Crippen LogP contribution in [0, 0.1) is 0 Å². The number of hydrogen-bond acceptors (Lipinski definition) is 6. The van der Waals surface area contributed by atoms with Gasteiger partial charge in [-0.2, -0.15) is 5.10 Å². The fourth-order valence-electron chi connectivity index (χ4n) is 3.67. The van der Waals surface area contributed by atoms with Crippen LogP contribution in [0.5, 0.6) is 0 Å². The van der Waals surface area contributed by atoms with Crippen LogP contribution in [-0.4, -0.2) is 30.2 Å². The van der Waals surface area contributed by atoms with Crippen molar-refractivity contribution in [2.45, 2.75) is 13.5 Å². The highest BCUT2D eigenvalue weighted by atomic mass is 32.1. The maximum Gasteiger partial charge on any atom is 0.278 e. The van der Waals surface area contributed by atoms with Crippen LogP contribution in [0.4, 0.5) is 5.13 Å². The molecular weight excluding hydrogens is 436 g/mol. The molecule has 0 saturated heterocycles. The summed E-state index contributed by atoms with van der Waals surface area (Å²) < 4.78 is 3.21. The number of rotatable bonds is 5. The molecule has 164 valence electrons. The third-order valence-electron chi connectivity index (χ3n) is 5.30. The van der Waals surface area contributed by atoms with Gasteiger partial charge in [0.2, 0.25) is 0 Å². The smallest absolute Gasteiger partial charge is 0.278 e. The van der Waals surface area contributed by atoms with Crippen molar-refractivity contribution in [1.29, 1.82) is 0 Å². The maximum absolute atomic E-state index is 13.3. The predicted octanol–water partition coefficient (Wildman–Crippen LogP) is 4.19. The van der Waals surface area contributed by atoms with E-state index < -0.39 is 5.91 Å². The van der Waals surface area contributed by atoms with Gasteiger partial charge >= 0.3 is 0 Å². The number of anilines is 1. The first-order valence-electron chi connectivity index (χ1n) is 10.4. The summed E-state index contributed by atoms with van der Waals surface area (Å²) in [6, 6.07) is 16.8. The van der Waals surface area contributed by atoms with Crippen LogP contribution < -0.4 is 10.9 Å². The third-order valence-corrected chi connectivity index (χ3v) is 6.27. The van der Waals surface area contributed by atoms with E-state index in [1.54, 1.807) is 30.5 Å². The lowest BCUT2D eigenvalue weighted by Gasteiger charge is -2.09. The van der Waals surface area contributed by atoms with Gasteiger partial charge in [-0.25, -0.2) is 14.6 Å². The van der Waals surface area contributed by atoms with Crippen molar-refractivity contribution in [3.05, 3.63) is 83.0 Å². The van der Waals surface area contributed by atoms with E-state index in [1.165, 1.54) is 16.0 Å². The highest BCUT2D eigenvalue weighted by Crippen LogP contribution is 2.38. The van der Waals surface area contributed by atoms with E-state index in [0.29, 0.717) is 22.4 Å². The van der Waals surface area contributed by atoms with Crippen molar-refractivity contribution < 1.29 is 4.79 Å². The van der Waals surface area contributed by atoms with Gasteiger partial charge in [0.05, 0.1) is 16.0 Å². The number of aromatic nitrogens is 5. The lowest BCUT2D eigenvalue weighted by Crippen LogP contribution is -2.27. The second kappa shape index (κ2) is 8.44. The molecule has 3 heterocycles.